The first-order chi connectivity index (χ1) is 9.54. The lowest BCUT2D eigenvalue weighted by Gasteiger charge is -2.06. The summed E-state index contributed by atoms with van der Waals surface area (Å²) in [4.78, 5) is 17.5. The van der Waals surface area contributed by atoms with Gasteiger partial charge in [-0.05, 0) is 18.2 Å². The number of carbonyl (C=O) groups excluding carboxylic acids is 1. The van der Waals surface area contributed by atoms with Gasteiger partial charge in [0, 0.05) is 32.0 Å². The Balaban J connectivity index is 2.01. The molecule has 2 heterocycles. The standard InChI is InChI=1S/C13H13N5O2/c1-17(2)12(19)10-5-6-18(16-10)13-15-9-4-3-8(14)7-11(9)20-13/h3-7H,14H2,1-2H3. The second kappa shape index (κ2) is 4.37. The van der Waals surface area contributed by atoms with Gasteiger partial charge >= 0.3 is 6.01 Å². The highest BCUT2D eigenvalue weighted by atomic mass is 16.4. The largest absolute Gasteiger partial charge is 0.422 e. The highest BCUT2D eigenvalue weighted by Crippen LogP contribution is 2.20. The molecule has 0 fully saturated rings. The number of oxazole rings is 1. The Kier molecular flexibility index (Phi) is 2.67. The molecule has 2 N–H and O–H groups in total. The maximum absolute atomic E-state index is 11.8. The molecule has 0 spiro atoms. The highest BCUT2D eigenvalue weighted by Gasteiger charge is 2.14. The van der Waals surface area contributed by atoms with Crippen LogP contribution in [0.5, 0.6) is 0 Å². The number of benzene rings is 1. The van der Waals surface area contributed by atoms with Crippen LogP contribution in [-0.2, 0) is 0 Å². The molecule has 1 aromatic carbocycles. The van der Waals surface area contributed by atoms with Gasteiger partial charge in [0.2, 0.25) is 0 Å². The monoisotopic (exact) mass is 271 g/mol. The molecule has 20 heavy (non-hydrogen) atoms. The zero-order valence-corrected chi connectivity index (χ0v) is 11.1. The van der Waals surface area contributed by atoms with Gasteiger partial charge in [-0.25, -0.2) is 0 Å². The average molecular weight is 271 g/mol. The quantitative estimate of drug-likeness (QED) is 0.709. The van der Waals surface area contributed by atoms with E-state index < -0.39 is 0 Å². The van der Waals surface area contributed by atoms with Gasteiger partial charge in [0.25, 0.3) is 5.91 Å². The van der Waals surface area contributed by atoms with Gasteiger partial charge < -0.3 is 15.1 Å². The average Bonchev–Trinajstić information content (AvgIpc) is 3.02. The van der Waals surface area contributed by atoms with Crippen molar-refractivity contribution in [1.29, 1.82) is 0 Å². The second-order valence-corrected chi connectivity index (χ2v) is 4.57. The maximum atomic E-state index is 11.8. The van der Waals surface area contributed by atoms with E-state index in [-0.39, 0.29) is 5.91 Å². The molecule has 102 valence electrons. The van der Waals surface area contributed by atoms with Crippen LogP contribution in [-0.4, -0.2) is 39.7 Å². The lowest BCUT2D eigenvalue weighted by molar-refractivity contribution is 0.0821. The first-order valence-electron chi connectivity index (χ1n) is 5.98. The van der Waals surface area contributed by atoms with Crippen molar-refractivity contribution in [2.24, 2.45) is 0 Å². The Labute approximate surface area is 114 Å². The van der Waals surface area contributed by atoms with E-state index in [1.807, 2.05) is 0 Å². The van der Waals surface area contributed by atoms with Crippen molar-refractivity contribution in [2.75, 3.05) is 19.8 Å². The molecule has 3 aromatic rings. The Morgan fingerprint density at radius 2 is 2.15 bits per heavy atom. The topological polar surface area (TPSA) is 90.2 Å². The van der Waals surface area contributed by atoms with Crippen LogP contribution in [0.3, 0.4) is 0 Å². The molecule has 0 aliphatic heterocycles. The molecule has 0 radical (unpaired) electrons. The second-order valence-electron chi connectivity index (χ2n) is 4.57. The van der Waals surface area contributed by atoms with Crippen LogP contribution in [0.15, 0.2) is 34.9 Å². The first kappa shape index (κ1) is 12.2. The van der Waals surface area contributed by atoms with Crippen LogP contribution < -0.4 is 5.73 Å². The number of hydrogen-bond donors (Lipinski definition) is 1. The summed E-state index contributed by atoms with van der Waals surface area (Å²) in [5.74, 6) is -0.177. The van der Waals surface area contributed by atoms with Crippen LogP contribution in [0.2, 0.25) is 0 Å². The van der Waals surface area contributed by atoms with E-state index in [1.54, 1.807) is 44.6 Å². The smallest absolute Gasteiger partial charge is 0.323 e. The lowest BCUT2D eigenvalue weighted by Crippen LogP contribution is -2.22. The van der Waals surface area contributed by atoms with Gasteiger partial charge in [0.05, 0.1) is 0 Å². The predicted octanol–water partition coefficient (Wildman–Crippen LogP) is 1.30. The molecule has 0 saturated carbocycles. The van der Waals surface area contributed by atoms with Crippen LogP contribution in [0.1, 0.15) is 10.5 Å². The molecule has 0 bridgehead atoms. The molecule has 1 amide bonds. The minimum atomic E-state index is -0.177. The fourth-order valence-corrected chi connectivity index (χ4v) is 1.80. The van der Waals surface area contributed by atoms with Crippen molar-refractivity contribution in [1.82, 2.24) is 19.7 Å². The molecule has 0 saturated heterocycles. The van der Waals surface area contributed by atoms with E-state index in [4.69, 9.17) is 10.2 Å². The number of amides is 1. The van der Waals surface area contributed by atoms with E-state index in [1.165, 1.54) is 9.58 Å². The number of nitrogen functional groups attached to an aromatic ring is 1. The zero-order chi connectivity index (χ0) is 14.3. The third kappa shape index (κ3) is 1.99. The van der Waals surface area contributed by atoms with E-state index in [0.29, 0.717) is 28.5 Å². The summed E-state index contributed by atoms with van der Waals surface area (Å²) < 4.78 is 7.00. The summed E-state index contributed by atoms with van der Waals surface area (Å²) in [5, 5.41) is 4.16. The molecule has 0 atom stereocenters. The number of nitrogens with two attached hydrogens (primary N) is 1. The molecule has 7 heteroatoms. The van der Waals surface area contributed by atoms with Crippen LogP contribution in [0.25, 0.3) is 17.1 Å². The summed E-state index contributed by atoms with van der Waals surface area (Å²) >= 11 is 0. The normalized spacial score (nSPS) is 10.9. The van der Waals surface area contributed by atoms with Crippen molar-refractivity contribution < 1.29 is 9.21 Å². The predicted molar refractivity (Wildman–Crippen MR) is 73.6 cm³/mol. The van der Waals surface area contributed by atoms with Crippen molar-refractivity contribution in [3.8, 4) is 6.01 Å². The SMILES string of the molecule is CN(C)C(=O)c1ccn(-c2nc3ccc(N)cc3o2)n1. The Bertz CT molecular complexity index is 787. The van der Waals surface area contributed by atoms with Crippen LogP contribution in [0.4, 0.5) is 5.69 Å². The Morgan fingerprint density at radius 3 is 2.90 bits per heavy atom. The van der Waals surface area contributed by atoms with Gasteiger partial charge in [-0.15, -0.1) is 0 Å². The van der Waals surface area contributed by atoms with Gasteiger partial charge in [-0.2, -0.15) is 14.8 Å². The number of anilines is 1. The number of hydrogen-bond acceptors (Lipinski definition) is 5. The summed E-state index contributed by atoms with van der Waals surface area (Å²) in [5.41, 5.74) is 7.88. The number of rotatable bonds is 2. The van der Waals surface area contributed by atoms with E-state index in [0.717, 1.165) is 0 Å². The highest BCUT2D eigenvalue weighted by molar-refractivity contribution is 5.91. The number of nitrogens with zero attached hydrogens (tertiary/aromatic N) is 4. The first-order valence-corrected chi connectivity index (χ1v) is 5.98. The van der Waals surface area contributed by atoms with E-state index in [2.05, 4.69) is 10.1 Å². The van der Waals surface area contributed by atoms with Crippen molar-refractivity contribution in [2.45, 2.75) is 0 Å². The Morgan fingerprint density at radius 1 is 1.35 bits per heavy atom. The van der Waals surface area contributed by atoms with Crippen molar-refractivity contribution in [3.63, 3.8) is 0 Å². The minimum Gasteiger partial charge on any atom is -0.422 e. The third-order valence-corrected chi connectivity index (χ3v) is 2.81. The van der Waals surface area contributed by atoms with Crippen molar-refractivity contribution in [3.05, 3.63) is 36.2 Å². The van der Waals surface area contributed by atoms with E-state index >= 15 is 0 Å². The summed E-state index contributed by atoms with van der Waals surface area (Å²) in [6, 6.07) is 7.13. The van der Waals surface area contributed by atoms with E-state index in [9.17, 15) is 4.79 Å². The van der Waals surface area contributed by atoms with Gasteiger partial charge in [-0.1, -0.05) is 0 Å². The zero-order valence-electron chi connectivity index (χ0n) is 11.1. The molecule has 0 unspecified atom stereocenters. The van der Waals surface area contributed by atoms with Crippen LogP contribution in [0, 0.1) is 0 Å². The number of fused-ring (bicyclic) bond motifs is 1. The summed E-state index contributed by atoms with van der Waals surface area (Å²) in [7, 11) is 3.34. The minimum absolute atomic E-state index is 0.177. The molecular formula is C13H13N5O2. The summed E-state index contributed by atoms with van der Waals surface area (Å²) in [6.45, 7) is 0. The molecule has 7 nitrogen and oxygen atoms in total. The summed E-state index contributed by atoms with van der Waals surface area (Å²) in [6.07, 6.45) is 1.63. The molecule has 0 aliphatic rings. The fourth-order valence-electron chi connectivity index (χ4n) is 1.80. The number of carbonyl (C=O) groups is 1. The fraction of sp³-hybridized carbons (Fsp3) is 0.154. The lowest BCUT2D eigenvalue weighted by atomic mass is 10.3. The van der Waals surface area contributed by atoms with Crippen LogP contribution >= 0.6 is 0 Å². The number of aromatic nitrogens is 3. The van der Waals surface area contributed by atoms with Gasteiger partial charge in [0.1, 0.15) is 5.52 Å². The van der Waals surface area contributed by atoms with Gasteiger partial charge in [-0.3, -0.25) is 4.79 Å². The Hall–Kier alpha value is -2.83. The molecule has 3 rings (SSSR count). The van der Waals surface area contributed by atoms with Crippen molar-refractivity contribution >= 4 is 22.7 Å². The third-order valence-electron chi connectivity index (χ3n) is 2.81. The molecular weight excluding hydrogens is 258 g/mol. The molecule has 2 aromatic heterocycles. The molecule has 0 aliphatic carbocycles. The van der Waals surface area contributed by atoms with Gasteiger partial charge in [0.15, 0.2) is 11.3 Å². The maximum Gasteiger partial charge on any atom is 0.323 e.